The van der Waals surface area contributed by atoms with E-state index in [0.29, 0.717) is 12.0 Å². The van der Waals surface area contributed by atoms with Crippen LogP contribution in [0.25, 0.3) is 0 Å². The highest BCUT2D eigenvalue weighted by molar-refractivity contribution is 5.15. The summed E-state index contributed by atoms with van der Waals surface area (Å²) in [5.74, 6) is 0.642. The number of hydrogen-bond donors (Lipinski definition) is 1. The third-order valence-corrected chi connectivity index (χ3v) is 3.43. The van der Waals surface area contributed by atoms with Crippen LogP contribution < -0.4 is 4.57 Å². The molecule has 2 heteroatoms. The average molecular weight is 229 g/mol. The Bertz CT molecular complexity index is 419. The van der Waals surface area contributed by atoms with Crippen LogP contribution in [-0.4, -0.2) is 4.98 Å². The quantitative estimate of drug-likeness (QED) is 0.760. The van der Waals surface area contributed by atoms with Crippen molar-refractivity contribution in [3.8, 4) is 0 Å². The Balaban J connectivity index is 2.06. The van der Waals surface area contributed by atoms with Crippen molar-refractivity contribution in [2.45, 2.75) is 32.7 Å². The molecule has 1 aromatic heterocycles. The molecule has 1 aromatic carbocycles. The van der Waals surface area contributed by atoms with E-state index in [1.165, 1.54) is 5.56 Å². The van der Waals surface area contributed by atoms with Crippen LogP contribution in [-0.2, 0) is 6.42 Å². The number of benzene rings is 1. The minimum atomic E-state index is 0.571. The molecular formula is C15H21N2+. The van der Waals surface area contributed by atoms with E-state index in [1.807, 2.05) is 6.20 Å². The molecule has 0 spiro atoms. The normalized spacial score (nSPS) is 14.5. The van der Waals surface area contributed by atoms with E-state index >= 15 is 0 Å². The molecule has 0 radical (unpaired) electrons. The first-order valence-electron chi connectivity index (χ1n) is 6.38. The second-order valence-electron chi connectivity index (χ2n) is 4.70. The van der Waals surface area contributed by atoms with E-state index in [0.717, 1.165) is 12.8 Å². The lowest BCUT2D eigenvalue weighted by atomic mass is 9.92. The van der Waals surface area contributed by atoms with Crippen LogP contribution in [0.1, 0.15) is 31.9 Å². The number of rotatable bonds is 5. The molecule has 0 aliphatic heterocycles. The molecule has 0 bridgehead atoms. The molecule has 0 saturated heterocycles. The number of imidazole rings is 1. The Morgan fingerprint density at radius 3 is 2.59 bits per heavy atom. The molecule has 0 fully saturated rings. The van der Waals surface area contributed by atoms with Gasteiger partial charge in [0.05, 0.1) is 0 Å². The maximum absolute atomic E-state index is 3.13. The molecule has 2 nitrogen and oxygen atoms in total. The number of aromatic amines is 1. The largest absolute Gasteiger partial charge is 0.250 e. The molecule has 90 valence electrons. The van der Waals surface area contributed by atoms with Gasteiger partial charge in [-0.1, -0.05) is 44.2 Å². The molecule has 2 atom stereocenters. The minimum absolute atomic E-state index is 0.571. The van der Waals surface area contributed by atoms with E-state index in [9.17, 15) is 0 Å². The van der Waals surface area contributed by atoms with Crippen molar-refractivity contribution in [1.82, 2.24) is 4.98 Å². The van der Waals surface area contributed by atoms with Gasteiger partial charge in [-0.05, 0) is 18.4 Å². The number of hydrogen-bond acceptors (Lipinski definition) is 0. The molecular weight excluding hydrogens is 208 g/mol. The van der Waals surface area contributed by atoms with E-state index in [4.69, 9.17) is 0 Å². The first kappa shape index (κ1) is 11.9. The highest BCUT2D eigenvalue weighted by Crippen LogP contribution is 2.20. The van der Waals surface area contributed by atoms with Crippen LogP contribution in [0.15, 0.2) is 49.1 Å². The predicted octanol–water partition coefficient (Wildman–Crippen LogP) is 3.13. The summed E-state index contributed by atoms with van der Waals surface area (Å²) >= 11 is 0. The second kappa shape index (κ2) is 5.67. The highest BCUT2D eigenvalue weighted by Gasteiger charge is 2.21. The highest BCUT2D eigenvalue weighted by atomic mass is 15.1. The zero-order chi connectivity index (χ0) is 12.1. The predicted molar refractivity (Wildman–Crippen MR) is 69.6 cm³/mol. The van der Waals surface area contributed by atoms with Gasteiger partial charge in [0.1, 0.15) is 18.4 Å². The SMILES string of the molecule is CCC(C(C)Cc1ccccc1)[n+]1cc[nH]c1. The van der Waals surface area contributed by atoms with Crippen LogP contribution in [0.5, 0.6) is 0 Å². The molecule has 0 aliphatic rings. The van der Waals surface area contributed by atoms with Crippen molar-refractivity contribution in [3.05, 3.63) is 54.6 Å². The van der Waals surface area contributed by atoms with E-state index in [1.54, 1.807) is 0 Å². The monoisotopic (exact) mass is 229 g/mol. The van der Waals surface area contributed by atoms with Crippen molar-refractivity contribution in [3.63, 3.8) is 0 Å². The van der Waals surface area contributed by atoms with Crippen LogP contribution in [0, 0.1) is 5.92 Å². The molecule has 0 saturated carbocycles. The van der Waals surface area contributed by atoms with Gasteiger partial charge in [-0.2, -0.15) is 0 Å². The van der Waals surface area contributed by atoms with Gasteiger partial charge in [0.25, 0.3) is 0 Å². The topological polar surface area (TPSA) is 19.7 Å². The summed E-state index contributed by atoms with van der Waals surface area (Å²) in [6.07, 6.45) is 8.46. The number of H-pyrrole nitrogens is 1. The number of nitrogens with zero attached hydrogens (tertiary/aromatic N) is 1. The molecule has 0 amide bonds. The van der Waals surface area contributed by atoms with E-state index in [-0.39, 0.29) is 0 Å². The lowest BCUT2D eigenvalue weighted by Gasteiger charge is -2.19. The van der Waals surface area contributed by atoms with Crippen LogP contribution in [0.4, 0.5) is 0 Å². The Kier molecular flexibility index (Phi) is 3.97. The van der Waals surface area contributed by atoms with Crippen LogP contribution in [0.3, 0.4) is 0 Å². The first-order chi connectivity index (χ1) is 8.31. The summed E-state index contributed by atoms with van der Waals surface area (Å²) in [5, 5.41) is 0. The fourth-order valence-corrected chi connectivity index (χ4v) is 2.54. The van der Waals surface area contributed by atoms with Gasteiger partial charge in [-0.3, -0.25) is 4.98 Å². The lowest BCUT2D eigenvalue weighted by molar-refractivity contribution is -0.728. The minimum Gasteiger partial charge on any atom is -0.250 e. The summed E-state index contributed by atoms with van der Waals surface area (Å²) in [4.78, 5) is 3.13. The Morgan fingerprint density at radius 2 is 2.00 bits per heavy atom. The molecule has 17 heavy (non-hydrogen) atoms. The van der Waals surface area contributed by atoms with Gasteiger partial charge in [0, 0.05) is 5.92 Å². The standard InChI is InChI=1S/C15H20N2/c1-3-15(17-10-9-16-12-17)13(2)11-14-7-5-4-6-8-14/h4-10,12-13,15H,3,11H2,1-2H3/p+1. The van der Waals surface area contributed by atoms with E-state index in [2.05, 4.69) is 66.3 Å². The van der Waals surface area contributed by atoms with Gasteiger partial charge < -0.3 is 0 Å². The van der Waals surface area contributed by atoms with Gasteiger partial charge >= 0.3 is 0 Å². The summed E-state index contributed by atoms with van der Waals surface area (Å²) in [6.45, 7) is 4.59. The zero-order valence-corrected chi connectivity index (χ0v) is 10.6. The van der Waals surface area contributed by atoms with Crippen molar-refractivity contribution < 1.29 is 4.57 Å². The molecule has 2 aromatic rings. The fourth-order valence-electron chi connectivity index (χ4n) is 2.54. The Labute approximate surface area is 103 Å². The molecule has 2 rings (SSSR count). The third-order valence-electron chi connectivity index (χ3n) is 3.43. The second-order valence-corrected chi connectivity index (χ2v) is 4.70. The fraction of sp³-hybridized carbons (Fsp3) is 0.400. The maximum atomic E-state index is 3.13. The van der Waals surface area contributed by atoms with Crippen LogP contribution >= 0.6 is 0 Å². The van der Waals surface area contributed by atoms with Gasteiger partial charge in [0.15, 0.2) is 0 Å². The number of nitrogens with one attached hydrogen (secondary N) is 1. The van der Waals surface area contributed by atoms with Crippen molar-refractivity contribution in [2.24, 2.45) is 5.92 Å². The summed E-state index contributed by atoms with van der Waals surface area (Å²) in [5.41, 5.74) is 1.43. The van der Waals surface area contributed by atoms with Crippen molar-refractivity contribution >= 4 is 0 Å². The van der Waals surface area contributed by atoms with Gasteiger partial charge in [-0.15, -0.1) is 0 Å². The Hall–Kier alpha value is -1.57. The zero-order valence-electron chi connectivity index (χ0n) is 10.6. The summed E-state index contributed by atoms with van der Waals surface area (Å²) in [7, 11) is 0. The molecule has 1 N–H and O–H groups in total. The van der Waals surface area contributed by atoms with Crippen molar-refractivity contribution in [2.75, 3.05) is 0 Å². The molecule has 0 aliphatic carbocycles. The van der Waals surface area contributed by atoms with Gasteiger partial charge in [0.2, 0.25) is 6.33 Å². The first-order valence-corrected chi connectivity index (χ1v) is 6.38. The molecule has 2 unspecified atom stereocenters. The Morgan fingerprint density at radius 1 is 1.24 bits per heavy atom. The van der Waals surface area contributed by atoms with Crippen molar-refractivity contribution in [1.29, 1.82) is 0 Å². The summed E-state index contributed by atoms with van der Waals surface area (Å²) in [6, 6.07) is 11.3. The summed E-state index contributed by atoms with van der Waals surface area (Å²) < 4.78 is 2.29. The smallest absolute Gasteiger partial charge is 0.241 e. The lowest BCUT2D eigenvalue weighted by Crippen LogP contribution is -2.41. The van der Waals surface area contributed by atoms with Crippen LogP contribution in [0.2, 0.25) is 0 Å². The van der Waals surface area contributed by atoms with Gasteiger partial charge in [-0.25, -0.2) is 4.57 Å². The molecule has 1 heterocycles. The van der Waals surface area contributed by atoms with E-state index < -0.39 is 0 Å². The maximum Gasteiger partial charge on any atom is 0.241 e. The average Bonchev–Trinajstić information content (AvgIpc) is 2.85. The number of aromatic nitrogens is 2. The third kappa shape index (κ3) is 2.96.